The van der Waals surface area contributed by atoms with Crippen LogP contribution in [0.5, 0.6) is 5.75 Å². The largest absolute Gasteiger partial charge is 0.496 e. The van der Waals surface area contributed by atoms with Gasteiger partial charge in [0.2, 0.25) is 0 Å². The summed E-state index contributed by atoms with van der Waals surface area (Å²) >= 11 is 2.22. The summed E-state index contributed by atoms with van der Waals surface area (Å²) in [4.78, 5) is 12.1. The lowest BCUT2D eigenvalue weighted by Gasteiger charge is -2.08. The number of ether oxygens (including phenoxy) is 1. The number of hydrogen-bond donors (Lipinski definition) is 0. The summed E-state index contributed by atoms with van der Waals surface area (Å²) in [7, 11) is 1.61. The molecule has 0 spiro atoms. The molecule has 18 heavy (non-hydrogen) atoms. The summed E-state index contributed by atoms with van der Waals surface area (Å²) < 4.78 is 6.31. The van der Waals surface area contributed by atoms with Gasteiger partial charge in [0.25, 0.3) is 0 Å². The molecule has 0 heterocycles. The first-order chi connectivity index (χ1) is 8.69. The highest BCUT2D eigenvalue weighted by Gasteiger charge is 2.12. The molecule has 0 radical (unpaired) electrons. The number of Topliss-reactive ketones (excluding diaryl/α,β-unsaturated/α-hetero) is 1. The Balaban J connectivity index is 2.52. The molecule has 1 aromatic rings. The van der Waals surface area contributed by atoms with Gasteiger partial charge in [-0.3, -0.25) is 4.79 Å². The Bertz CT molecular complexity index is 388. The van der Waals surface area contributed by atoms with Crippen LogP contribution in [-0.2, 0) is 0 Å². The Morgan fingerprint density at radius 3 is 2.61 bits per heavy atom. The smallest absolute Gasteiger partial charge is 0.166 e. The van der Waals surface area contributed by atoms with Gasteiger partial charge >= 0.3 is 0 Å². The molecular formula is C15H21IO2. The van der Waals surface area contributed by atoms with Crippen LogP contribution in [0, 0.1) is 3.57 Å². The van der Waals surface area contributed by atoms with Gasteiger partial charge < -0.3 is 4.74 Å². The quantitative estimate of drug-likeness (QED) is 0.377. The molecule has 1 rings (SSSR count). The molecule has 0 atom stereocenters. The second-order valence-corrected chi connectivity index (χ2v) is 5.68. The van der Waals surface area contributed by atoms with E-state index in [1.807, 2.05) is 18.2 Å². The third kappa shape index (κ3) is 4.96. The zero-order chi connectivity index (χ0) is 13.4. The number of carbonyl (C=O) groups is 1. The van der Waals surface area contributed by atoms with Gasteiger partial charge in [-0.15, -0.1) is 0 Å². The molecule has 0 saturated heterocycles. The minimum atomic E-state index is 0.196. The number of hydrogen-bond acceptors (Lipinski definition) is 2. The summed E-state index contributed by atoms with van der Waals surface area (Å²) in [6, 6.07) is 5.73. The predicted octanol–water partition coefficient (Wildman–Crippen LogP) is 4.84. The standard InChI is InChI=1S/C15H21IO2/c1-3-4-5-6-7-8-14(17)13-11-12(16)9-10-15(13)18-2/h9-11H,3-8H2,1-2H3. The fourth-order valence-electron chi connectivity index (χ4n) is 1.92. The second-order valence-electron chi connectivity index (χ2n) is 4.43. The van der Waals surface area contributed by atoms with Crippen LogP contribution >= 0.6 is 22.6 Å². The Morgan fingerprint density at radius 1 is 1.22 bits per heavy atom. The van der Waals surface area contributed by atoms with Crippen LogP contribution in [0.1, 0.15) is 55.8 Å². The van der Waals surface area contributed by atoms with E-state index in [1.165, 1.54) is 19.3 Å². The summed E-state index contributed by atoms with van der Waals surface area (Å²) in [5.74, 6) is 0.885. The average Bonchev–Trinajstić information content (AvgIpc) is 2.38. The monoisotopic (exact) mass is 360 g/mol. The summed E-state index contributed by atoms with van der Waals surface area (Å²) in [6.07, 6.45) is 6.48. The maximum atomic E-state index is 12.1. The number of unbranched alkanes of at least 4 members (excludes halogenated alkanes) is 4. The van der Waals surface area contributed by atoms with Crippen molar-refractivity contribution in [2.75, 3.05) is 7.11 Å². The van der Waals surface area contributed by atoms with Gasteiger partial charge in [0.05, 0.1) is 12.7 Å². The first kappa shape index (κ1) is 15.5. The molecule has 1 aromatic carbocycles. The van der Waals surface area contributed by atoms with E-state index in [-0.39, 0.29) is 5.78 Å². The molecule has 0 aliphatic rings. The minimum Gasteiger partial charge on any atom is -0.496 e. The number of rotatable bonds is 8. The zero-order valence-electron chi connectivity index (χ0n) is 11.2. The lowest BCUT2D eigenvalue weighted by Crippen LogP contribution is -2.02. The highest BCUT2D eigenvalue weighted by atomic mass is 127. The number of halogens is 1. The molecule has 0 aliphatic heterocycles. The molecule has 0 saturated carbocycles. The molecule has 0 fully saturated rings. The van der Waals surface area contributed by atoms with E-state index < -0.39 is 0 Å². The fraction of sp³-hybridized carbons (Fsp3) is 0.533. The van der Waals surface area contributed by atoms with Gasteiger partial charge in [-0.05, 0) is 47.2 Å². The summed E-state index contributed by atoms with van der Waals surface area (Å²) in [5.41, 5.74) is 0.722. The molecule has 0 unspecified atom stereocenters. The van der Waals surface area contributed by atoms with Crippen LogP contribution in [0.15, 0.2) is 18.2 Å². The maximum Gasteiger partial charge on any atom is 0.166 e. The van der Waals surface area contributed by atoms with Crippen molar-refractivity contribution >= 4 is 28.4 Å². The molecule has 0 N–H and O–H groups in total. The third-order valence-electron chi connectivity index (χ3n) is 2.97. The maximum absolute atomic E-state index is 12.1. The molecule has 0 aliphatic carbocycles. The zero-order valence-corrected chi connectivity index (χ0v) is 13.3. The van der Waals surface area contributed by atoms with Crippen molar-refractivity contribution < 1.29 is 9.53 Å². The molecule has 3 heteroatoms. The van der Waals surface area contributed by atoms with Gasteiger partial charge in [0.1, 0.15) is 5.75 Å². The molecule has 100 valence electrons. The molecule has 0 aromatic heterocycles. The molecule has 2 nitrogen and oxygen atoms in total. The van der Waals surface area contributed by atoms with E-state index in [2.05, 4.69) is 29.5 Å². The van der Waals surface area contributed by atoms with Gasteiger partial charge in [-0.2, -0.15) is 0 Å². The van der Waals surface area contributed by atoms with Crippen LogP contribution in [0.4, 0.5) is 0 Å². The Hall–Kier alpha value is -0.580. The molecular weight excluding hydrogens is 339 g/mol. The summed E-state index contributed by atoms with van der Waals surface area (Å²) in [6.45, 7) is 2.20. The van der Waals surface area contributed by atoms with Crippen LogP contribution < -0.4 is 4.74 Å². The first-order valence-electron chi connectivity index (χ1n) is 6.55. The van der Waals surface area contributed by atoms with Crippen molar-refractivity contribution in [1.29, 1.82) is 0 Å². The van der Waals surface area contributed by atoms with Gasteiger partial charge in [-0.25, -0.2) is 0 Å². The Kier molecular flexibility index (Phi) is 7.32. The van der Waals surface area contributed by atoms with Crippen LogP contribution in [-0.4, -0.2) is 12.9 Å². The first-order valence-corrected chi connectivity index (χ1v) is 7.63. The van der Waals surface area contributed by atoms with Crippen LogP contribution in [0.3, 0.4) is 0 Å². The predicted molar refractivity (Wildman–Crippen MR) is 83.4 cm³/mol. The summed E-state index contributed by atoms with van der Waals surface area (Å²) in [5, 5.41) is 0. The van der Waals surface area contributed by atoms with Crippen molar-refractivity contribution in [3.8, 4) is 5.75 Å². The number of ketones is 1. The van der Waals surface area contributed by atoms with Gasteiger partial charge in [-0.1, -0.05) is 32.6 Å². The van der Waals surface area contributed by atoms with E-state index in [0.29, 0.717) is 12.2 Å². The highest BCUT2D eigenvalue weighted by Crippen LogP contribution is 2.23. The third-order valence-corrected chi connectivity index (χ3v) is 3.64. The van der Waals surface area contributed by atoms with E-state index in [4.69, 9.17) is 4.74 Å². The molecule has 0 amide bonds. The Morgan fingerprint density at radius 2 is 1.94 bits per heavy atom. The second kappa shape index (κ2) is 8.51. The van der Waals surface area contributed by atoms with Crippen molar-refractivity contribution in [3.63, 3.8) is 0 Å². The lowest BCUT2D eigenvalue weighted by atomic mass is 10.0. The van der Waals surface area contributed by atoms with E-state index in [1.54, 1.807) is 7.11 Å². The van der Waals surface area contributed by atoms with Crippen molar-refractivity contribution in [2.45, 2.75) is 45.4 Å². The fourth-order valence-corrected chi connectivity index (χ4v) is 2.41. The van der Waals surface area contributed by atoms with Crippen LogP contribution in [0.2, 0.25) is 0 Å². The SMILES string of the molecule is CCCCCCCC(=O)c1cc(I)ccc1OC. The van der Waals surface area contributed by atoms with Gasteiger partial charge in [0, 0.05) is 9.99 Å². The van der Waals surface area contributed by atoms with E-state index >= 15 is 0 Å². The Labute approximate surface area is 123 Å². The molecule has 0 bridgehead atoms. The van der Waals surface area contributed by atoms with Crippen molar-refractivity contribution in [3.05, 3.63) is 27.3 Å². The lowest BCUT2D eigenvalue weighted by molar-refractivity contribution is 0.0976. The van der Waals surface area contributed by atoms with E-state index in [0.717, 1.165) is 22.0 Å². The normalized spacial score (nSPS) is 10.4. The highest BCUT2D eigenvalue weighted by molar-refractivity contribution is 14.1. The van der Waals surface area contributed by atoms with Crippen molar-refractivity contribution in [1.82, 2.24) is 0 Å². The van der Waals surface area contributed by atoms with Crippen molar-refractivity contribution in [2.24, 2.45) is 0 Å². The minimum absolute atomic E-state index is 0.196. The van der Waals surface area contributed by atoms with Crippen LogP contribution in [0.25, 0.3) is 0 Å². The van der Waals surface area contributed by atoms with Gasteiger partial charge in [0.15, 0.2) is 5.78 Å². The number of carbonyl (C=O) groups excluding carboxylic acids is 1. The van der Waals surface area contributed by atoms with E-state index in [9.17, 15) is 4.79 Å². The number of methoxy groups -OCH3 is 1. The number of benzene rings is 1. The topological polar surface area (TPSA) is 26.3 Å². The average molecular weight is 360 g/mol.